The predicted molar refractivity (Wildman–Crippen MR) is 63.8 cm³/mol. The number of likely N-dealkylation sites (tertiary alicyclic amines) is 1. The second-order valence-corrected chi connectivity index (χ2v) is 4.69. The molecule has 1 aliphatic rings. The maximum Gasteiger partial charge on any atom is 0.223 e. The highest BCUT2D eigenvalue weighted by Crippen LogP contribution is 2.30. The van der Waals surface area contributed by atoms with E-state index in [4.69, 9.17) is 5.73 Å². The SMILES string of the molecule is CC(c1cc(F)ccc1F)N1CC(C(N)=O)CC1=O. The molecule has 2 unspecified atom stereocenters. The van der Waals surface area contributed by atoms with Crippen LogP contribution in [-0.2, 0) is 9.59 Å². The van der Waals surface area contributed by atoms with Crippen LogP contribution in [0.25, 0.3) is 0 Å². The van der Waals surface area contributed by atoms with Crippen molar-refractivity contribution in [2.45, 2.75) is 19.4 Å². The highest BCUT2D eigenvalue weighted by atomic mass is 19.1. The molecule has 1 heterocycles. The molecule has 102 valence electrons. The Hall–Kier alpha value is -1.98. The number of nitrogens with zero attached hydrogens (tertiary/aromatic N) is 1. The lowest BCUT2D eigenvalue weighted by molar-refractivity contribution is -0.130. The van der Waals surface area contributed by atoms with Crippen LogP contribution in [0.5, 0.6) is 0 Å². The van der Waals surface area contributed by atoms with Gasteiger partial charge >= 0.3 is 0 Å². The largest absolute Gasteiger partial charge is 0.369 e. The average Bonchev–Trinajstić information content (AvgIpc) is 2.74. The lowest BCUT2D eigenvalue weighted by atomic mass is 10.1. The van der Waals surface area contributed by atoms with Crippen LogP contribution in [0.2, 0.25) is 0 Å². The molecule has 4 nitrogen and oxygen atoms in total. The summed E-state index contributed by atoms with van der Waals surface area (Å²) in [6.45, 7) is 1.74. The molecule has 0 radical (unpaired) electrons. The fourth-order valence-corrected chi connectivity index (χ4v) is 2.30. The lowest BCUT2D eigenvalue weighted by Crippen LogP contribution is -2.31. The molecule has 0 bridgehead atoms. The summed E-state index contributed by atoms with van der Waals surface area (Å²) in [6, 6.07) is 2.47. The van der Waals surface area contributed by atoms with Crippen LogP contribution in [-0.4, -0.2) is 23.3 Å². The van der Waals surface area contributed by atoms with Gasteiger partial charge in [0, 0.05) is 18.5 Å². The molecule has 0 spiro atoms. The summed E-state index contributed by atoms with van der Waals surface area (Å²) >= 11 is 0. The van der Waals surface area contributed by atoms with Crippen molar-refractivity contribution in [3.05, 3.63) is 35.4 Å². The molecule has 2 amide bonds. The Labute approximate surface area is 109 Å². The number of hydrogen-bond donors (Lipinski definition) is 1. The van der Waals surface area contributed by atoms with Crippen LogP contribution in [0.1, 0.15) is 24.9 Å². The van der Waals surface area contributed by atoms with Crippen LogP contribution >= 0.6 is 0 Å². The van der Waals surface area contributed by atoms with Gasteiger partial charge in [0.05, 0.1) is 12.0 Å². The molecule has 1 aromatic carbocycles. The first-order chi connectivity index (χ1) is 8.90. The van der Waals surface area contributed by atoms with E-state index in [-0.39, 0.29) is 24.4 Å². The Morgan fingerprint density at radius 2 is 2.16 bits per heavy atom. The monoisotopic (exact) mass is 268 g/mol. The molecule has 0 aromatic heterocycles. The van der Waals surface area contributed by atoms with Gasteiger partial charge in [-0.25, -0.2) is 8.78 Å². The first-order valence-electron chi connectivity index (χ1n) is 5.94. The molecule has 6 heteroatoms. The quantitative estimate of drug-likeness (QED) is 0.899. The highest BCUT2D eigenvalue weighted by Gasteiger charge is 2.36. The van der Waals surface area contributed by atoms with Gasteiger partial charge in [0.2, 0.25) is 11.8 Å². The fourth-order valence-electron chi connectivity index (χ4n) is 2.30. The van der Waals surface area contributed by atoms with Gasteiger partial charge in [-0.2, -0.15) is 0 Å². The molecule has 2 rings (SSSR count). The van der Waals surface area contributed by atoms with Crippen molar-refractivity contribution in [3.63, 3.8) is 0 Å². The zero-order valence-corrected chi connectivity index (χ0v) is 10.4. The number of halogens is 2. The minimum Gasteiger partial charge on any atom is -0.369 e. The number of carbonyl (C=O) groups is 2. The van der Waals surface area contributed by atoms with Crippen molar-refractivity contribution in [1.29, 1.82) is 0 Å². The number of carbonyl (C=O) groups excluding carboxylic acids is 2. The number of rotatable bonds is 3. The van der Waals surface area contributed by atoms with Gasteiger partial charge in [-0.3, -0.25) is 9.59 Å². The van der Waals surface area contributed by atoms with Crippen molar-refractivity contribution < 1.29 is 18.4 Å². The molecular formula is C13H14F2N2O2. The van der Waals surface area contributed by atoms with Crippen LogP contribution in [0.15, 0.2) is 18.2 Å². The van der Waals surface area contributed by atoms with E-state index < -0.39 is 29.5 Å². The Morgan fingerprint density at radius 3 is 2.74 bits per heavy atom. The molecule has 0 saturated carbocycles. The number of primary amides is 1. The standard InChI is InChI=1S/C13H14F2N2O2/c1-7(10-5-9(14)2-3-11(10)15)17-6-8(13(16)19)4-12(17)18/h2-3,5,7-8H,4,6H2,1H3,(H2,16,19). The molecular weight excluding hydrogens is 254 g/mol. The average molecular weight is 268 g/mol. The van der Waals surface area contributed by atoms with Crippen molar-refractivity contribution in [2.24, 2.45) is 11.7 Å². The molecule has 1 saturated heterocycles. The number of benzene rings is 1. The Bertz CT molecular complexity index is 533. The maximum absolute atomic E-state index is 13.7. The Morgan fingerprint density at radius 1 is 1.47 bits per heavy atom. The van der Waals surface area contributed by atoms with Gasteiger partial charge in [-0.15, -0.1) is 0 Å². The normalized spacial score (nSPS) is 20.7. The first kappa shape index (κ1) is 13.5. The molecule has 0 aliphatic carbocycles. The van der Waals surface area contributed by atoms with Gasteiger partial charge in [0.15, 0.2) is 0 Å². The van der Waals surface area contributed by atoms with Gasteiger partial charge in [0.1, 0.15) is 11.6 Å². The van der Waals surface area contributed by atoms with Crippen molar-refractivity contribution in [3.8, 4) is 0 Å². The smallest absolute Gasteiger partial charge is 0.223 e. The topological polar surface area (TPSA) is 63.4 Å². The van der Waals surface area contributed by atoms with Crippen LogP contribution in [0.3, 0.4) is 0 Å². The van der Waals surface area contributed by atoms with E-state index in [9.17, 15) is 18.4 Å². The van der Waals surface area contributed by atoms with E-state index in [2.05, 4.69) is 0 Å². The lowest BCUT2D eigenvalue weighted by Gasteiger charge is -2.25. The van der Waals surface area contributed by atoms with Crippen molar-refractivity contribution in [2.75, 3.05) is 6.54 Å². The second kappa shape index (κ2) is 4.95. The number of amides is 2. The Balaban J connectivity index is 2.24. The maximum atomic E-state index is 13.7. The molecule has 19 heavy (non-hydrogen) atoms. The van der Waals surface area contributed by atoms with E-state index in [0.29, 0.717) is 0 Å². The third-order valence-electron chi connectivity index (χ3n) is 3.44. The first-order valence-corrected chi connectivity index (χ1v) is 5.94. The van der Waals surface area contributed by atoms with E-state index in [1.807, 2.05) is 0 Å². The van der Waals surface area contributed by atoms with Gasteiger partial charge in [-0.1, -0.05) is 0 Å². The van der Waals surface area contributed by atoms with E-state index in [1.165, 1.54) is 4.90 Å². The van der Waals surface area contributed by atoms with E-state index >= 15 is 0 Å². The summed E-state index contributed by atoms with van der Waals surface area (Å²) < 4.78 is 26.8. The third kappa shape index (κ3) is 2.57. The molecule has 2 atom stereocenters. The van der Waals surface area contributed by atoms with Gasteiger partial charge < -0.3 is 10.6 Å². The molecule has 1 aromatic rings. The van der Waals surface area contributed by atoms with E-state index in [1.54, 1.807) is 6.92 Å². The summed E-state index contributed by atoms with van der Waals surface area (Å²) in [5, 5.41) is 0. The number of nitrogens with two attached hydrogens (primary N) is 1. The van der Waals surface area contributed by atoms with Crippen LogP contribution in [0, 0.1) is 17.6 Å². The fraction of sp³-hybridized carbons (Fsp3) is 0.385. The highest BCUT2D eigenvalue weighted by molar-refractivity contribution is 5.88. The Kier molecular flexibility index (Phi) is 3.50. The molecule has 1 aliphatic heterocycles. The minimum absolute atomic E-state index is 0.0244. The van der Waals surface area contributed by atoms with Crippen LogP contribution in [0.4, 0.5) is 8.78 Å². The predicted octanol–water partition coefficient (Wildman–Crippen LogP) is 1.36. The summed E-state index contributed by atoms with van der Waals surface area (Å²) in [6.07, 6.45) is 0.0244. The van der Waals surface area contributed by atoms with Gasteiger partial charge in [-0.05, 0) is 25.1 Å². The van der Waals surface area contributed by atoms with Crippen molar-refractivity contribution >= 4 is 11.8 Å². The second-order valence-electron chi connectivity index (χ2n) is 4.69. The molecule has 1 fully saturated rings. The van der Waals surface area contributed by atoms with Crippen molar-refractivity contribution in [1.82, 2.24) is 4.90 Å². The van der Waals surface area contributed by atoms with E-state index in [0.717, 1.165) is 18.2 Å². The summed E-state index contributed by atoms with van der Waals surface area (Å²) in [4.78, 5) is 24.2. The minimum atomic E-state index is -0.632. The third-order valence-corrected chi connectivity index (χ3v) is 3.44. The zero-order chi connectivity index (χ0) is 14.2. The van der Waals surface area contributed by atoms with Gasteiger partial charge in [0.25, 0.3) is 0 Å². The summed E-state index contributed by atoms with van der Waals surface area (Å²) in [5.74, 6) is -2.54. The summed E-state index contributed by atoms with van der Waals surface area (Å²) in [5.41, 5.74) is 5.26. The number of hydrogen-bond acceptors (Lipinski definition) is 2. The molecule has 2 N–H and O–H groups in total. The summed E-state index contributed by atoms with van der Waals surface area (Å²) in [7, 11) is 0. The van der Waals surface area contributed by atoms with Crippen LogP contribution < -0.4 is 5.73 Å². The zero-order valence-electron chi connectivity index (χ0n) is 10.4.